The highest BCUT2D eigenvalue weighted by Gasteiger charge is 2.85. The quantitative estimate of drug-likeness (QED) is 0.217. The highest BCUT2D eigenvalue weighted by atomic mass is 32.2. The van der Waals surface area contributed by atoms with Crippen LogP contribution in [0.1, 0.15) is 139 Å². The van der Waals surface area contributed by atoms with Crippen molar-refractivity contribution in [2.24, 2.45) is 44.3 Å². The van der Waals surface area contributed by atoms with Crippen molar-refractivity contribution < 1.29 is 32.4 Å². The van der Waals surface area contributed by atoms with Crippen LogP contribution in [0.5, 0.6) is 0 Å². The molecule has 55 heavy (non-hydrogen) atoms. The van der Waals surface area contributed by atoms with Crippen LogP contribution in [-0.4, -0.2) is 90.5 Å². The summed E-state index contributed by atoms with van der Waals surface area (Å²) < 4.78 is 27.9. The normalized spacial score (nSPS) is 32.3. The molecule has 11 nitrogen and oxygen atoms in total. The summed E-state index contributed by atoms with van der Waals surface area (Å²) in [5.74, 6) is -2.61. The maximum atomic E-state index is 15.2. The molecule has 12 heteroatoms. The number of likely N-dealkylation sites (tertiary alicyclic amines) is 2. The Morgan fingerprint density at radius 3 is 2.04 bits per heavy atom. The molecule has 0 unspecified atom stereocenters. The highest BCUT2D eigenvalue weighted by Crippen LogP contribution is 2.88. The van der Waals surface area contributed by atoms with Gasteiger partial charge in [-0.05, 0) is 92.0 Å². The van der Waals surface area contributed by atoms with Gasteiger partial charge in [0.2, 0.25) is 27.7 Å². The van der Waals surface area contributed by atoms with Crippen molar-refractivity contribution in [1.82, 2.24) is 19.8 Å². The summed E-state index contributed by atoms with van der Waals surface area (Å²) in [6.45, 7) is 24.1. The second kappa shape index (κ2) is 14.0. The SMILES string of the molecule is C=C[C@@H]1C[C@]1(CC(=O)[C@@H]1C[C@@]2(CN1C(=O)[C@@H](CC(=O)[C@@H](NC(=O)[C@@H]1CCCCN1CC)C(C)(C)C)C(C)(C)C)C(C)(C)C21CCC1)C(=O)NS(=O)(=O)C1CC1. The summed E-state index contributed by atoms with van der Waals surface area (Å²) in [4.78, 5) is 75.7. The Morgan fingerprint density at radius 1 is 0.891 bits per heavy atom. The number of carbonyl (C=O) groups is 5. The van der Waals surface area contributed by atoms with Gasteiger partial charge in [0.1, 0.15) is 0 Å². The molecular weight excluding hydrogens is 717 g/mol. The van der Waals surface area contributed by atoms with Crippen molar-refractivity contribution in [1.29, 1.82) is 0 Å². The number of Topliss-reactive ketones (excluding diaryl/α,β-unsaturated/α-hetero) is 2. The van der Waals surface area contributed by atoms with Crippen LogP contribution in [0.25, 0.3) is 0 Å². The summed E-state index contributed by atoms with van der Waals surface area (Å²) >= 11 is 0. The standard InChI is InChI=1S/C43H68N4O7S/c1-11-27-23-41(27,37(52)45-55(53,54)28-17-18-28)25-33(49)31-24-43(40(9,10)42(43)19-15-20-42)26-47(31)36(51)29(38(3,4)5)22-32(48)34(39(6,7)8)44-35(50)30-16-13-14-21-46(30)12-2/h11,27-31,34H,1,12-26H2,2-10H3,(H,44,50)(H,45,52)/t27-,29-,30+,31+,34-,41-,43-/m1/s1. The van der Waals surface area contributed by atoms with Gasteiger partial charge in [-0.1, -0.05) is 81.2 Å². The molecule has 2 N–H and O–H groups in total. The summed E-state index contributed by atoms with van der Waals surface area (Å²) in [5.41, 5.74) is -2.81. The molecule has 0 aromatic carbocycles. The van der Waals surface area contributed by atoms with Gasteiger partial charge in [-0.15, -0.1) is 6.58 Å². The lowest BCUT2D eigenvalue weighted by Crippen LogP contribution is -2.57. The summed E-state index contributed by atoms with van der Waals surface area (Å²) in [7, 11) is -3.82. The van der Waals surface area contributed by atoms with E-state index in [1.54, 1.807) is 11.0 Å². The van der Waals surface area contributed by atoms with Crippen LogP contribution < -0.4 is 10.0 Å². The number of allylic oxidation sites excluding steroid dienone is 1. The number of sulfonamides is 1. The van der Waals surface area contributed by atoms with E-state index < -0.39 is 55.4 Å². The number of rotatable bonds is 14. The predicted molar refractivity (Wildman–Crippen MR) is 212 cm³/mol. The van der Waals surface area contributed by atoms with Crippen LogP contribution in [0.15, 0.2) is 12.7 Å². The number of amides is 3. The van der Waals surface area contributed by atoms with Crippen molar-refractivity contribution in [2.45, 2.75) is 163 Å². The number of hydrogen-bond donors (Lipinski definition) is 2. The fourth-order valence-corrected chi connectivity index (χ4v) is 12.8. The van der Waals surface area contributed by atoms with Crippen LogP contribution in [0.4, 0.5) is 0 Å². The minimum Gasteiger partial charge on any atom is -0.344 e. The number of nitrogens with one attached hydrogen (secondary N) is 2. The Labute approximate surface area is 330 Å². The lowest BCUT2D eigenvalue weighted by atomic mass is 9.73. The third-order valence-corrected chi connectivity index (χ3v) is 17.4. The first-order valence-corrected chi connectivity index (χ1v) is 22.6. The largest absolute Gasteiger partial charge is 0.344 e. The Hall–Kier alpha value is -2.60. The molecule has 6 aliphatic rings. The molecule has 308 valence electrons. The zero-order valence-corrected chi connectivity index (χ0v) is 35.8. The Bertz CT molecular complexity index is 1720. The van der Waals surface area contributed by atoms with E-state index in [1.807, 2.05) is 48.5 Å². The maximum Gasteiger partial charge on any atom is 0.240 e. The van der Waals surface area contributed by atoms with Gasteiger partial charge in [0.15, 0.2) is 11.6 Å². The molecule has 2 spiro atoms. The van der Waals surface area contributed by atoms with Crippen LogP contribution in [0.3, 0.4) is 0 Å². The molecule has 6 fully saturated rings. The van der Waals surface area contributed by atoms with Crippen molar-refractivity contribution >= 4 is 39.3 Å². The number of hydrogen-bond acceptors (Lipinski definition) is 8. The van der Waals surface area contributed by atoms with Crippen LogP contribution in [-0.2, 0) is 34.0 Å². The van der Waals surface area contributed by atoms with E-state index in [0.29, 0.717) is 32.2 Å². The third-order valence-electron chi connectivity index (χ3n) is 15.6. The van der Waals surface area contributed by atoms with Crippen molar-refractivity contribution in [2.75, 3.05) is 19.6 Å². The molecule has 2 heterocycles. The molecule has 7 atom stereocenters. The zero-order valence-electron chi connectivity index (χ0n) is 35.0. The lowest BCUT2D eigenvalue weighted by Gasteiger charge is -2.39. The van der Waals surface area contributed by atoms with Gasteiger partial charge < -0.3 is 10.2 Å². The average molecular weight is 785 g/mol. The minimum absolute atomic E-state index is 0.0321. The first-order chi connectivity index (χ1) is 25.4. The Morgan fingerprint density at radius 2 is 1.55 bits per heavy atom. The van der Waals surface area contributed by atoms with E-state index in [4.69, 9.17) is 0 Å². The Balaban J connectivity index is 1.27. The second-order valence-electron chi connectivity index (χ2n) is 20.9. The molecule has 6 rings (SSSR count). The van der Waals surface area contributed by atoms with Gasteiger partial charge in [0.05, 0.1) is 28.8 Å². The number of likely N-dealkylation sites (N-methyl/N-ethyl adjacent to an activating group) is 1. The third kappa shape index (κ3) is 7.05. The molecular formula is C43H68N4O7S. The van der Waals surface area contributed by atoms with Crippen molar-refractivity contribution in [3.8, 4) is 0 Å². The summed E-state index contributed by atoms with van der Waals surface area (Å²) in [5, 5.41) is 2.55. The van der Waals surface area contributed by atoms with Crippen LogP contribution >= 0.6 is 0 Å². The first-order valence-electron chi connectivity index (χ1n) is 21.0. The van der Waals surface area contributed by atoms with Gasteiger partial charge >= 0.3 is 0 Å². The van der Waals surface area contributed by atoms with Crippen LogP contribution in [0.2, 0.25) is 0 Å². The molecule has 0 aromatic rings. The number of ketones is 2. The molecule has 0 radical (unpaired) electrons. The predicted octanol–water partition coefficient (Wildman–Crippen LogP) is 5.57. The highest BCUT2D eigenvalue weighted by molar-refractivity contribution is 7.90. The lowest BCUT2D eigenvalue weighted by molar-refractivity contribution is -0.147. The van der Waals surface area contributed by atoms with Gasteiger partial charge in [-0.3, -0.25) is 33.6 Å². The van der Waals surface area contributed by atoms with Crippen molar-refractivity contribution in [3.05, 3.63) is 12.7 Å². The smallest absolute Gasteiger partial charge is 0.240 e. The van der Waals surface area contributed by atoms with E-state index in [9.17, 15) is 27.6 Å². The maximum absolute atomic E-state index is 15.2. The van der Waals surface area contributed by atoms with Crippen molar-refractivity contribution in [3.63, 3.8) is 0 Å². The van der Waals surface area contributed by atoms with E-state index in [1.165, 1.54) is 0 Å². The molecule has 0 bridgehead atoms. The fraction of sp³-hybridized carbons (Fsp3) is 0.837. The van der Waals surface area contributed by atoms with Gasteiger partial charge in [0, 0.05) is 30.7 Å². The molecule has 2 saturated heterocycles. The number of fused-ring (bicyclic) bond motifs is 1. The van der Waals surface area contributed by atoms with E-state index in [0.717, 1.165) is 51.6 Å². The number of nitrogens with zero attached hydrogens (tertiary/aromatic N) is 2. The van der Waals surface area contributed by atoms with E-state index in [2.05, 4.69) is 35.4 Å². The molecule has 4 saturated carbocycles. The number of piperidine rings is 1. The Kier molecular flexibility index (Phi) is 10.7. The van der Waals surface area contributed by atoms with E-state index >= 15 is 4.79 Å². The first kappa shape index (κ1) is 42.0. The summed E-state index contributed by atoms with van der Waals surface area (Å²) in [6.07, 6.45) is 9.12. The van der Waals surface area contributed by atoms with Gasteiger partial charge in [0.25, 0.3) is 0 Å². The molecule has 3 amide bonds. The number of carbonyl (C=O) groups excluding carboxylic acids is 5. The average Bonchev–Trinajstić information content (AvgIpc) is 4.02. The van der Waals surface area contributed by atoms with Gasteiger partial charge in [-0.25, -0.2) is 8.42 Å². The van der Waals surface area contributed by atoms with E-state index in [-0.39, 0.29) is 64.4 Å². The van der Waals surface area contributed by atoms with Gasteiger partial charge in [-0.2, -0.15) is 0 Å². The minimum atomic E-state index is -3.82. The molecule has 2 aliphatic heterocycles. The molecule has 4 aliphatic carbocycles. The fourth-order valence-electron chi connectivity index (χ4n) is 11.4. The summed E-state index contributed by atoms with van der Waals surface area (Å²) in [6, 6.07) is -1.90. The van der Waals surface area contributed by atoms with Crippen LogP contribution in [0, 0.1) is 44.3 Å². The second-order valence-corrected chi connectivity index (χ2v) is 22.8. The monoisotopic (exact) mass is 784 g/mol. The topological polar surface area (TPSA) is 150 Å². The molecule has 0 aromatic heterocycles. The zero-order chi connectivity index (χ0) is 40.7.